The fourth-order valence-electron chi connectivity index (χ4n) is 2.54. The average molecular weight is 320 g/mol. The number of rotatable bonds is 4. The minimum Gasteiger partial charge on any atom is -0.328 e. The lowest BCUT2D eigenvalue weighted by Gasteiger charge is -2.17. The van der Waals surface area contributed by atoms with Gasteiger partial charge in [-0.3, -0.25) is 9.59 Å². The number of nitrogens with zero attached hydrogens (tertiary/aromatic N) is 2. The highest BCUT2D eigenvalue weighted by Gasteiger charge is 2.22. The molecule has 0 saturated heterocycles. The van der Waals surface area contributed by atoms with Gasteiger partial charge in [0, 0.05) is 18.2 Å². The van der Waals surface area contributed by atoms with Crippen molar-refractivity contribution in [3.05, 3.63) is 69.8 Å². The van der Waals surface area contributed by atoms with Crippen molar-refractivity contribution in [3.8, 4) is 6.07 Å². The molecule has 2 rings (SSSR count). The van der Waals surface area contributed by atoms with Crippen molar-refractivity contribution in [2.45, 2.75) is 20.8 Å². The Morgan fingerprint density at radius 3 is 2.12 bits per heavy atom. The van der Waals surface area contributed by atoms with Crippen molar-refractivity contribution in [2.24, 2.45) is 0 Å². The van der Waals surface area contributed by atoms with E-state index in [1.165, 1.54) is 4.90 Å². The van der Waals surface area contributed by atoms with Crippen molar-refractivity contribution >= 4 is 11.7 Å². The lowest BCUT2D eigenvalue weighted by molar-refractivity contribution is 0.0806. The molecule has 4 heteroatoms. The first-order chi connectivity index (χ1) is 11.4. The highest BCUT2D eigenvalue weighted by Crippen LogP contribution is 2.22. The summed E-state index contributed by atoms with van der Waals surface area (Å²) in [5, 5.41) is 8.81. The summed E-state index contributed by atoms with van der Waals surface area (Å²) in [5.41, 5.74) is 4.05. The van der Waals surface area contributed by atoms with Gasteiger partial charge in [0.05, 0.1) is 11.6 Å². The molecule has 4 nitrogen and oxygen atoms in total. The summed E-state index contributed by atoms with van der Waals surface area (Å²) in [5.74, 6) is -0.499. The second-order valence-corrected chi connectivity index (χ2v) is 5.95. The normalized spacial score (nSPS) is 10.1. The first-order valence-electron chi connectivity index (χ1n) is 7.70. The number of amides is 1. The molecule has 0 radical (unpaired) electrons. The Hall–Kier alpha value is -2.93. The van der Waals surface area contributed by atoms with E-state index in [2.05, 4.69) is 0 Å². The maximum Gasteiger partial charge on any atom is 0.255 e. The van der Waals surface area contributed by atoms with Crippen LogP contribution in [0.15, 0.2) is 36.4 Å². The number of carbonyl (C=O) groups is 2. The van der Waals surface area contributed by atoms with Crippen molar-refractivity contribution in [2.75, 3.05) is 13.6 Å². The van der Waals surface area contributed by atoms with Gasteiger partial charge in [-0.05, 0) is 49.6 Å². The SMILES string of the molecule is Cc1cc(C(=O)c2ccccc2C)c(C(=O)N(C)CC#N)cc1C. The molecule has 0 bridgehead atoms. The predicted molar refractivity (Wildman–Crippen MR) is 93.1 cm³/mol. The fourth-order valence-corrected chi connectivity index (χ4v) is 2.54. The number of nitriles is 1. The highest BCUT2D eigenvalue weighted by atomic mass is 16.2. The molecule has 2 aromatic rings. The van der Waals surface area contributed by atoms with Crippen LogP contribution in [0.3, 0.4) is 0 Å². The Labute approximate surface area is 142 Å². The molecule has 0 unspecified atom stereocenters. The molecule has 24 heavy (non-hydrogen) atoms. The third-order valence-electron chi connectivity index (χ3n) is 4.15. The monoisotopic (exact) mass is 320 g/mol. The van der Waals surface area contributed by atoms with Gasteiger partial charge in [0.2, 0.25) is 0 Å². The number of carbonyl (C=O) groups excluding carboxylic acids is 2. The molecule has 0 aliphatic heterocycles. The van der Waals surface area contributed by atoms with Crippen LogP contribution in [-0.4, -0.2) is 30.2 Å². The zero-order chi connectivity index (χ0) is 17.9. The van der Waals surface area contributed by atoms with E-state index in [1.807, 2.05) is 45.0 Å². The second kappa shape index (κ2) is 7.10. The first-order valence-corrected chi connectivity index (χ1v) is 7.70. The third-order valence-corrected chi connectivity index (χ3v) is 4.15. The summed E-state index contributed by atoms with van der Waals surface area (Å²) < 4.78 is 0. The van der Waals surface area contributed by atoms with Crippen LogP contribution in [0.4, 0.5) is 0 Å². The van der Waals surface area contributed by atoms with Crippen LogP contribution in [0.1, 0.15) is 43.0 Å². The van der Waals surface area contributed by atoms with Crippen LogP contribution in [0.5, 0.6) is 0 Å². The smallest absolute Gasteiger partial charge is 0.255 e. The summed E-state index contributed by atoms with van der Waals surface area (Å²) in [6.45, 7) is 5.66. The lowest BCUT2D eigenvalue weighted by Crippen LogP contribution is -2.29. The van der Waals surface area contributed by atoms with Gasteiger partial charge in [-0.15, -0.1) is 0 Å². The van der Waals surface area contributed by atoms with E-state index in [-0.39, 0.29) is 18.2 Å². The molecule has 0 aliphatic rings. The number of aryl methyl sites for hydroxylation is 3. The van der Waals surface area contributed by atoms with Crippen LogP contribution >= 0.6 is 0 Å². The van der Waals surface area contributed by atoms with Crippen LogP contribution < -0.4 is 0 Å². The van der Waals surface area contributed by atoms with Crippen LogP contribution in [-0.2, 0) is 0 Å². The van der Waals surface area contributed by atoms with E-state index in [0.29, 0.717) is 16.7 Å². The van der Waals surface area contributed by atoms with Gasteiger partial charge >= 0.3 is 0 Å². The van der Waals surface area contributed by atoms with Crippen molar-refractivity contribution < 1.29 is 9.59 Å². The summed E-state index contributed by atoms with van der Waals surface area (Å²) >= 11 is 0. The second-order valence-electron chi connectivity index (χ2n) is 5.95. The van der Waals surface area contributed by atoms with E-state index in [4.69, 9.17) is 5.26 Å². The standard InChI is InChI=1S/C20H20N2O2/c1-13-7-5-6-8-16(13)19(23)17-11-14(2)15(3)12-18(17)20(24)22(4)10-9-21/h5-8,11-12H,10H2,1-4H3. The molecule has 0 saturated carbocycles. The maximum absolute atomic E-state index is 13.0. The molecule has 122 valence electrons. The summed E-state index contributed by atoms with van der Waals surface area (Å²) in [6.07, 6.45) is 0. The molecule has 0 atom stereocenters. The summed E-state index contributed by atoms with van der Waals surface area (Å²) in [6, 6.07) is 12.8. The molecule has 0 fully saturated rings. The molecule has 0 heterocycles. The molecule has 0 N–H and O–H groups in total. The molecule has 1 amide bonds. The minimum atomic E-state index is -0.323. The van der Waals surface area contributed by atoms with E-state index in [9.17, 15) is 9.59 Å². The van der Waals surface area contributed by atoms with Gasteiger partial charge in [-0.25, -0.2) is 0 Å². The largest absolute Gasteiger partial charge is 0.328 e. The lowest BCUT2D eigenvalue weighted by atomic mass is 9.92. The van der Waals surface area contributed by atoms with E-state index < -0.39 is 0 Å². The van der Waals surface area contributed by atoms with Gasteiger partial charge in [0.1, 0.15) is 6.54 Å². The van der Waals surface area contributed by atoms with E-state index in [0.717, 1.165) is 16.7 Å². The van der Waals surface area contributed by atoms with Gasteiger partial charge < -0.3 is 4.90 Å². The van der Waals surface area contributed by atoms with Crippen LogP contribution in [0, 0.1) is 32.1 Å². The number of hydrogen-bond donors (Lipinski definition) is 0. The topological polar surface area (TPSA) is 61.2 Å². The van der Waals surface area contributed by atoms with Crippen molar-refractivity contribution in [1.82, 2.24) is 4.90 Å². The highest BCUT2D eigenvalue weighted by molar-refractivity contribution is 6.16. The number of ketones is 1. The Kier molecular flexibility index (Phi) is 5.15. The molecular weight excluding hydrogens is 300 g/mol. The van der Waals surface area contributed by atoms with Gasteiger partial charge in [0.15, 0.2) is 5.78 Å². The van der Waals surface area contributed by atoms with Crippen LogP contribution in [0.2, 0.25) is 0 Å². The number of benzene rings is 2. The first kappa shape index (κ1) is 17.4. The third kappa shape index (κ3) is 3.36. The molecule has 0 aromatic heterocycles. The van der Waals surface area contributed by atoms with Gasteiger partial charge in [-0.1, -0.05) is 24.3 Å². The quantitative estimate of drug-likeness (QED) is 0.640. The zero-order valence-electron chi connectivity index (χ0n) is 14.4. The minimum absolute atomic E-state index is 0.0241. The Balaban J connectivity index is 2.59. The van der Waals surface area contributed by atoms with Crippen molar-refractivity contribution in [1.29, 1.82) is 5.26 Å². The Morgan fingerprint density at radius 2 is 1.54 bits per heavy atom. The summed E-state index contributed by atoms with van der Waals surface area (Å²) in [4.78, 5) is 27.0. The van der Waals surface area contributed by atoms with Gasteiger partial charge in [0.25, 0.3) is 5.91 Å². The average Bonchev–Trinajstić information content (AvgIpc) is 2.56. The fraction of sp³-hybridized carbons (Fsp3) is 0.250. The number of hydrogen-bond acceptors (Lipinski definition) is 3. The molecular formula is C20H20N2O2. The molecule has 0 aliphatic carbocycles. The molecule has 2 aromatic carbocycles. The Bertz CT molecular complexity index is 847. The van der Waals surface area contributed by atoms with E-state index in [1.54, 1.807) is 25.2 Å². The van der Waals surface area contributed by atoms with Gasteiger partial charge in [-0.2, -0.15) is 5.26 Å². The zero-order valence-corrected chi connectivity index (χ0v) is 14.4. The maximum atomic E-state index is 13.0. The van der Waals surface area contributed by atoms with E-state index >= 15 is 0 Å². The molecule has 0 spiro atoms. The predicted octanol–water partition coefficient (Wildman–Crippen LogP) is 3.44. The Morgan fingerprint density at radius 1 is 0.958 bits per heavy atom. The van der Waals surface area contributed by atoms with Crippen LogP contribution in [0.25, 0.3) is 0 Å². The van der Waals surface area contributed by atoms with Crippen molar-refractivity contribution in [3.63, 3.8) is 0 Å². The summed E-state index contributed by atoms with van der Waals surface area (Å²) in [7, 11) is 1.56.